The maximum absolute atomic E-state index is 12.5. The van der Waals surface area contributed by atoms with E-state index in [0.29, 0.717) is 30.4 Å². The van der Waals surface area contributed by atoms with E-state index in [1.807, 2.05) is 56.3 Å². The van der Waals surface area contributed by atoms with Crippen molar-refractivity contribution in [1.82, 2.24) is 10.3 Å². The fourth-order valence-electron chi connectivity index (χ4n) is 3.50. The van der Waals surface area contributed by atoms with Gasteiger partial charge in [0.1, 0.15) is 18.9 Å². The summed E-state index contributed by atoms with van der Waals surface area (Å²) in [6.45, 7) is 4.69. The van der Waals surface area contributed by atoms with Gasteiger partial charge in [-0.25, -0.2) is 4.79 Å². The molecule has 1 aliphatic rings. The van der Waals surface area contributed by atoms with Gasteiger partial charge in [-0.3, -0.25) is 4.79 Å². The monoisotopic (exact) mass is 408 g/mol. The van der Waals surface area contributed by atoms with Crippen LogP contribution in [-0.4, -0.2) is 36.7 Å². The van der Waals surface area contributed by atoms with Crippen LogP contribution in [0.5, 0.6) is 11.5 Å². The summed E-state index contributed by atoms with van der Waals surface area (Å²) >= 11 is 0. The Kier molecular flexibility index (Phi) is 5.61. The van der Waals surface area contributed by atoms with Gasteiger partial charge in [-0.2, -0.15) is 0 Å². The normalized spacial score (nSPS) is 13.8. The van der Waals surface area contributed by atoms with Gasteiger partial charge in [0.2, 0.25) is 0 Å². The molecule has 30 heavy (non-hydrogen) atoms. The predicted octanol–water partition coefficient (Wildman–Crippen LogP) is 3.61. The van der Waals surface area contributed by atoms with E-state index in [0.717, 1.165) is 16.5 Å². The van der Waals surface area contributed by atoms with Crippen LogP contribution in [0.2, 0.25) is 0 Å². The Morgan fingerprint density at radius 2 is 1.83 bits per heavy atom. The summed E-state index contributed by atoms with van der Waals surface area (Å²) in [6, 6.07) is 14.7. The average Bonchev–Trinajstić information content (AvgIpc) is 3.19. The topological polar surface area (TPSA) is 89.7 Å². The highest BCUT2D eigenvalue weighted by Crippen LogP contribution is 2.34. The van der Waals surface area contributed by atoms with Crippen molar-refractivity contribution in [2.45, 2.75) is 19.9 Å². The molecule has 4 rings (SSSR count). The van der Waals surface area contributed by atoms with Crippen LogP contribution in [0.1, 0.15) is 35.9 Å². The van der Waals surface area contributed by atoms with Crippen LogP contribution in [0.4, 0.5) is 0 Å². The number of carbonyl (C=O) groups excluding carboxylic acids is 2. The van der Waals surface area contributed by atoms with Crippen molar-refractivity contribution >= 4 is 22.8 Å². The molecule has 0 spiro atoms. The molecule has 1 aliphatic heterocycles. The lowest BCUT2D eigenvalue weighted by Crippen LogP contribution is -2.35. The van der Waals surface area contributed by atoms with Gasteiger partial charge in [-0.1, -0.05) is 38.1 Å². The van der Waals surface area contributed by atoms with E-state index >= 15 is 0 Å². The quantitative estimate of drug-likeness (QED) is 0.608. The van der Waals surface area contributed by atoms with Crippen molar-refractivity contribution in [2.75, 3.05) is 19.8 Å². The number of hydrogen-bond donors (Lipinski definition) is 2. The molecule has 2 N–H and O–H groups in total. The first-order valence-electron chi connectivity index (χ1n) is 9.95. The smallest absolute Gasteiger partial charge is 0.355 e. The summed E-state index contributed by atoms with van der Waals surface area (Å²) in [6.07, 6.45) is 0. The van der Waals surface area contributed by atoms with Crippen molar-refractivity contribution < 1.29 is 23.8 Å². The molecule has 1 amide bonds. The molecule has 156 valence electrons. The van der Waals surface area contributed by atoms with Crippen LogP contribution in [0.15, 0.2) is 48.5 Å². The molecular weight excluding hydrogens is 384 g/mol. The molecule has 0 fully saturated rings. The van der Waals surface area contributed by atoms with Gasteiger partial charge >= 0.3 is 5.97 Å². The van der Waals surface area contributed by atoms with Crippen molar-refractivity contribution in [3.63, 3.8) is 0 Å². The van der Waals surface area contributed by atoms with Crippen LogP contribution in [0, 0.1) is 5.92 Å². The average molecular weight is 408 g/mol. The molecule has 0 aliphatic carbocycles. The van der Waals surface area contributed by atoms with Crippen LogP contribution < -0.4 is 14.8 Å². The summed E-state index contributed by atoms with van der Waals surface area (Å²) in [5, 5.41) is 3.86. The molecule has 1 atom stereocenters. The summed E-state index contributed by atoms with van der Waals surface area (Å²) in [5.41, 5.74) is 2.06. The highest BCUT2D eigenvalue weighted by molar-refractivity contribution is 5.95. The van der Waals surface area contributed by atoms with Gasteiger partial charge in [0.05, 0.1) is 6.04 Å². The first-order chi connectivity index (χ1) is 14.5. The zero-order valence-corrected chi connectivity index (χ0v) is 16.9. The van der Waals surface area contributed by atoms with Gasteiger partial charge in [-0.15, -0.1) is 0 Å². The maximum Gasteiger partial charge on any atom is 0.355 e. The lowest BCUT2D eigenvalue weighted by atomic mass is 9.95. The van der Waals surface area contributed by atoms with E-state index in [-0.39, 0.29) is 24.5 Å². The zero-order valence-electron chi connectivity index (χ0n) is 16.9. The van der Waals surface area contributed by atoms with Crippen LogP contribution in [0.25, 0.3) is 10.9 Å². The Hall–Kier alpha value is -3.48. The second kappa shape index (κ2) is 8.49. The van der Waals surface area contributed by atoms with Crippen LogP contribution >= 0.6 is 0 Å². The molecule has 0 radical (unpaired) electrons. The molecule has 1 aromatic heterocycles. The van der Waals surface area contributed by atoms with E-state index in [2.05, 4.69) is 10.3 Å². The number of aromatic nitrogens is 1. The lowest BCUT2D eigenvalue weighted by Gasteiger charge is -2.25. The number of carbonyl (C=O) groups is 2. The number of H-pyrrole nitrogens is 1. The third-order valence-corrected chi connectivity index (χ3v) is 4.99. The summed E-state index contributed by atoms with van der Waals surface area (Å²) in [4.78, 5) is 27.8. The summed E-state index contributed by atoms with van der Waals surface area (Å²) < 4.78 is 16.4. The van der Waals surface area contributed by atoms with Crippen molar-refractivity contribution in [1.29, 1.82) is 0 Å². The van der Waals surface area contributed by atoms with Crippen molar-refractivity contribution in [2.24, 2.45) is 5.92 Å². The van der Waals surface area contributed by atoms with E-state index < -0.39 is 5.97 Å². The number of aromatic amines is 1. The number of amides is 1. The van der Waals surface area contributed by atoms with Gasteiger partial charge in [0.25, 0.3) is 5.91 Å². The number of nitrogens with one attached hydrogen (secondary N) is 2. The number of rotatable bonds is 6. The molecule has 2 heterocycles. The molecule has 0 saturated carbocycles. The maximum atomic E-state index is 12.5. The number of fused-ring (bicyclic) bond motifs is 2. The van der Waals surface area contributed by atoms with Crippen molar-refractivity contribution in [3.8, 4) is 11.5 Å². The Morgan fingerprint density at radius 1 is 1.07 bits per heavy atom. The Bertz CT molecular complexity index is 1040. The standard InChI is InChI=1S/C23H24N2O5/c1-14(2)22(16-7-8-19-20(12-16)29-10-9-28-19)25-21(26)13-30-23(27)18-11-15-5-3-4-6-17(15)24-18/h3-8,11-12,14,22,24H,9-10,13H2,1-2H3,(H,25,26)/t22-/m0/s1. The van der Waals surface area contributed by atoms with E-state index in [1.54, 1.807) is 6.07 Å². The molecule has 0 bridgehead atoms. The van der Waals surface area contributed by atoms with Gasteiger partial charge < -0.3 is 24.5 Å². The fraction of sp³-hybridized carbons (Fsp3) is 0.304. The van der Waals surface area contributed by atoms with Crippen LogP contribution in [-0.2, 0) is 9.53 Å². The third-order valence-electron chi connectivity index (χ3n) is 4.99. The number of para-hydroxylation sites is 1. The van der Waals surface area contributed by atoms with E-state index in [4.69, 9.17) is 14.2 Å². The first kappa shape index (κ1) is 19.8. The summed E-state index contributed by atoms with van der Waals surface area (Å²) in [7, 11) is 0. The molecule has 3 aromatic rings. The van der Waals surface area contributed by atoms with Gasteiger partial charge in [0.15, 0.2) is 18.1 Å². The number of ether oxygens (including phenoxy) is 3. The molecule has 7 nitrogen and oxygen atoms in total. The molecule has 0 saturated heterocycles. The molecule has 7 heteroatoms. The summed E-state index contributed by atoms with van der Waals surface area (Å²) in [5.74, 6) is 0.561. The molecule has 2 aromatic carbocycles. The van der Waals surface area contributed by atoms with Gasteiger partial charge in [0, 0.05) is 10.9 Å². The Morgan fingerprint density at radius 3 is 2.60 bits per heavy atom. The number of esters is 1. The minimum absolute atomic E-state index is 0.126. The number of hydrogen-bond acceptors (Lipinski definition) is 5. The predicted molar refractivity (Wildman–Crippen MR) is 112 cm³/mol. The highest BCUT2D eigenvalue weighted by Gasteiger charge is 2.22. The molecule has 0 unspecified atom stereocenters. The van der Waals surface area contributed by atoms with Crippen LogP contribution in [0.3, 0.4) is 0 Å². The SMILES string of the molecule is CC(C)[C@H](NC(=O)COC(=O)c1cc2ccccc2[nH]1)c1ccc2c(c1)OCCO2. The second-order valence-electron chi connectivity index (χ2n) is 7.54. The van der Waals surface area contributed by atoms with E-state index in [1.165, 1.54) is 0 Å². The lowest BCUT2D eigenvalue weighted by molar-refractivity contribution is -0.125. The minimum atomic E-state index is -0.568. The fourth-order valence-corrected chi connectivity index (χ4v) is 3.50. The Labute approximate surface area is 174 Å². The third kappa shape index (κ3) is 4.25. The number of benzene rings is 2. The van der Waals surface area contributed by atoms with Crippen molar-refractivity contribution in [3.05, 3.63) is 59.8 Å². The largest absolute Gasteiger partial charge is 0.486 e. The first-order valence-corrected chi connectivity index (χ1v) is 9.95. The van der Waals surface area contributed by atoms with E-state index in [9.17, 15) is 9.59 Å². The second-order valence-corrected chi connectivity index (χ2v) is 7.54. The zero-order chi connectivity index (χ0) is 21.1. The minimum Gasteiger partial charge on any atom is -0.486 e. The molecular formula is C23H24N2O5. The highest BCUT2D eigenvalue weighted by atomic mass is 16.6. The Balaban J connectivity index is 1.39. The van der Waals surface area contributed by atoms with Gasteiger partial charge in [-0.05, 0) is 35.7 Å².